The second-order valence-electron chi connectivity index (χ2n) is 7.20. The standard InChI is InChI=1S/C20H18BN4O4/c26-18-8-9-19(27)25(18)29-20(28)10-6-13-3-4-14-12-15-5-7-17(16-2-1-11-22-16)24(15)21-23(13)14/h1-5,7,11-13,22H,6,8-10H2. The lowest BCUT2D eigenvalue weighted by atomic mass is 9.97. The summed E-state index contributed by atoms with van der Waals surface area (Å²) in [5, 5.41) is 0.597. The number of carbonyl (C=O) groups is 3. The van der Waals surface area contributed by atoms with Gasteiger partial charge >= 0.3 is 13.5 Å². The van der Waals surface area contributed by atoms with Crippen LogP contribution in [0, 0.1) is 0 Å². The van der Waals surface area contributed by atoms with E-state index in [1.165, 1.54) is 0 Å². The van der Waals surface area contributed by atoms with Crippen LogP contribution in [0.15, 0.2) is 48.3 Å². The summed E-state index contributed by atoms with van der Waals surface area (Å²) < 4.78 is 2.11. The number of hydroxylamine groups is 2. The van der Waals surface area contributed by atoms with E-state index in [2.05, 4.69) is 32.5 Å². The molecule has 29 heavy (non-hydrogen) atoms. The number of carbonyl (C=O) groups excluding carboxylic acids is 3. The van der Waals surface area contributed by atoms with Gasteiger partial charge in [0.05, 0.1) is 17.8 Å². The molecule has 0 saturated carbocycles. The summed E-state index contributed by atoms with van der Waals surface area (Å²) in [5.41, 5.74) is 4.21. The highest BCUT2D eigenvalue weighted by molar-refractivity contribution is 6.34. The van der Waals surface area contributed by atoms with E-state index in [9.17, 15) is 14.4 Å². The second kappa shape index (κ2) is 6.84. The first-order valence-corrected chi connectivity index (χ1v) is 9.55. The van der Waals surface area contributed by atoms with Gasteiger partial charge in [-0.1, -0.05) is 6.08 Å². The van der Waals surface area contributed by atoms with Gasteiger partial charge in [-0.05, 0) is 42.8 Å². The van der Waals surface area contributed by atoms with E-state index >= 15 is 0 Å². The zero-order valence-electron chi connectivity index (χ0n) is 15.6. The van der Waals surface area contributed by atoms with E-state index in [4.69, 9.17) is 4.84 Å². The third-order valence-corrected chi connectivity index (χ3v) is 5.35. The third-order valence-electron chi connectivity index (χ3n) is 5.35. The molecule has 5 rings (SSSR count). The van der Waals surface area contributed by atoms with Crippen molar-refractivity contribution in [2.24, 2.45) is 0 Å². The van der Waals surface area contributed by atoms with Crippen LogP contribution in [-0.2, 0) is 19.2 Å². The summed E-state index contributed by atoms with van der Waals surface area (Å²) in [7, 11) is 2.03. The van der Waals surface area contributed by atoms with E-state index < -0.39 is 17.8 Å². The molecular formula is C20H18BN4O4. The number of nitrogens with one attached hydrogen (secondary N) is 1. The van der Waals surface area contributed by atoms with Gasteiger partial charge in [0.25, 0.3) is 11.8 Å². The van der Waals surface area contributed by atoms with Gasteiger partial charge in [0.2, 0.25) is 0 Å². The van der Waals surface area contributed by atoms with Gasteiger partial charge in [-0.25, -0.2) is 4.79 Å². The van der Waals surface area contributed by atoms with Crippen molar-refractivity contribution in [2.75, 3.05) is 0 Å². The number of fused-ring (bicyclic) bond motifs is 2. The van der Waals surface area contributed by atoms with Crippen molar-refractivity contribution >= 4 is 31.4 Å². The summed E-state index contributed by atoms with van der Waals surface area (Å²) in [6.45, 7) is 0. The molecule has 0 aliphatic carbocycles. The lowest BCUT2D eigenvalue weighted by Gasteiger charge is -2.31. The molecule has 8 nitrogen and oxygen atoms in total. The first-order valence-electron chi connectivity index (χ1n) is 9.55. The molecule has 3 aliphatic heterocycles. The van der Waals surface area contributed by atoms with Gasteiger partial charge in [-0.15, -0.1) is 5.06 Å². The lowest BCUT2D eigenvalue weighted by molar-refractivity contribution is -0.197. The Morgan fingerprint density at radius 2 is 2.03 bits per heavy atom. The molecule has 2 aromatic heterocycles. The number of aromatic amines is 1. The fraction of sp³-hybridized carbons (Fsp3) is 0.250. The van der Waals surface area contributed by atoms with Crippen LogP contribution in [0.1, 0.15) is 31.4 Å². The summed E-state index contributed by atoms with van der Waals surface area (Å²) in [6.07, 6.45) is 8.87. The lowest BCUT2D eigenvalue weighted by Crippen LogP contribution is -2.39. The maximum Gasteiger partial charge on any atom is 0.396 e. The van der Waals surface area contributed by atoms with Gasteiger partial charge < -0.3 is 19.1 Å². The van der Waals surface area contributed by atoms with E-state index in [-0.39, 0.29) is 25.3 Å². The number of amides is 2. The number of aromatic nitrogens is 2. The molecule has 1 fully saturated rings. The Morgan fingerprint density at radius 3 is 2.79 bits per heavy atom. The minimum atomic E-state index is -0.579. The molecule has 0 aromatic carbocycles. The molecule has 1 radical (unpaired) electrons. The van der Waals surface area contributed by atoms with Crippen LogP contribution in [0.4, 0.5) is 0 Å². The van der Waals surface area contributed by atoms with Crippen LogP contribution in [0.25, 0.3) is 17.5 Å². The minimum absolute atomic E-state index is 0.00850. The number of hydrogen-bond donors (Lipinski definition) is 1. The molecule has 1 N–H and O–H groups in total. The normalized spacial score (nSPS) is 19.9. The molecule has 1 saturated heterocycles. The monoisotopic (exact) mass is 389 g/mol. The summed E-state index contributed by atoms with van der Waals surface area (Å²) in [4.78, 5) is 45.6. The predicted octanol–water partition coefficient (Wildman–Crippen LogP) is 1.85. The first kappa shape index (κ1) is 17.6. The molecule has 5 heterocycles. The number of hydrogen-bond acceptors (Lipinski definition) is 5. The van der Waals surface area contributed by atoms with Crippen molar-refractivity contribution in [2.45, 2.75) is 31.7 Å². The highest BCUT2D eigenvalue weighted by Gasteiger charge is 2.34. The van der Waals surface area contributed by atoms with E-state index in [0.29, 0.717) is 11.5 Å². The molecule has 0 bridgehead atoms. The SMILES string of the molecule is O=C(CCC1C=CC2=Cc3ccc(-c4ccc[nH]4)n3[B]N21)ON1C(=O)CCC1=O. The van der Waals surface area contributed by atoms with Crippen molar-refractivity contribution in [1.82, 2.24) is 19.3 Å². The van der Waals surface area contributed by atoms with Crippen LogP contribution < -0.4 is 0 Å². The molecule has 0 spiro atoms. The maximum atomic E-state index is 12.1. The van der Waals surface area contributed by atoms with Gasteiger partial charge in [-0.2, -0.15) is 0 Å². The summed E-state index contributed by atoms with van der Waals surface area (Å²) in [6, 6.07) is 8.11. The third kappa shape index (κ3) is 3.08. The topological polar surface area (TPSA) is 87.6 Å². The Bertz CT molecular complexity index is 1040. The Kier molecular flexibility index (Phi) is 4.15. The number of H-pyrrole nitrogens is 1. The zero-order valence-corrected chi connectivity index (χ0v) is 15.6. The van der Waals surface area contributed by atoms with E-state index in [1.807, 2.05) is 38.0 Å². The molecule has 145 valence electrons. The average Bonchev–Trinajstić information content (AvgIpc) is 3.49. The summed E-state index contributed by atoms with van der Waals surface area (Å²) >= 11 is 0. The molecule has 9 heteroatoms. The molecule has 2 aromatic rings. The Hall–Kier alpha value is -3.49. The largest absolute Gasteiger partial charge is 0.396 e. The highest BCUT2D eigenvalue weighted by Crippen LogP contribution is 2.31. The van der Waals surface area contributed by atoms with Crippen molar-refractivity contribution in [3.8, 4) is 11.4 Å². The fourth-order valence-electron chi connectivity index (χ4n) is 3.86. The van der Waals surface area contributed by atoms with Crippen LogP contribution >= 0.6 is 0 Å². The van der Waals surface area contributed by atoms with Crippen molar-refractivity contribution in [1.29, 1.82) is 0 Å². The minimum Gasteiger partial charge on any atom is -0.392 e. The van der Waals surface area contributed by atoms with Crippen LogP contribution in [0.3, 0.4) is 0 Å². The molecular weight excluding hydrogens is 371 g/mol. The van der Waals surface area contributed by atoms with Gasteiger partial charge in [0, 0.05) is 36.5 Å². The number of imide groups is 1. The van der Waals surface area contributed by atoms with Gasteiger partial charge in [-0.3, -0.25) is 9.59 Å². The van der Waals surface area contributed by atoms with E-state index in [0.717, 1.165) is 22.8 Å². The highest BCUT2D eigenvalue weighted by atomic mass is 16.7. The molecule has 3 aliphatic rings. The quantitative estimate of drug-likeness (QED) is 0.623. The van der Waals surface area contributed by atoms with Crippen LogP contribution in [-0.4, -0.2) is 50.7 Å². The van der Waals surface area contributed by atoms with Crippen molar-refractivity contribution in [3.05, 3.63) is 54.0 Å². The van der Waals surface area contributed by atoms with Crippen molar-refractivity contribution in [3.63, 3.8) is 0 Å². The number of rotatable bonds is 5. The van der Waals surface area contributed by atoms with E-state index in [1.54, 1.807) is 0 Å². The van der Waals surface area contributed by atoms with Crippen LogP contribution in [0.5, 0.6) is 0 Å². The van der Waals surface area contributed by atoms with Crippen LogP contribution in [0.2, 0.25) is 0 Å². The first-order chi connectivity index (χ1) is 14.1. The smallest absolute Gasteiger partial charge is 0.392 e. The average molecular weight is 389 g/mol. The zero-order chi connectivity index (χ0) is 20.0. The Balaban J connectivity index is 1.25. The summed E-state index contributed by atoms with van der Waals surface area (Å²) in [5.74, 6) is -1.50. The Labute approximate surface area is 167 Å². The van der Waals surface area contributed by atoms with Gasteiger partial charge in [0.1, 0.15) is 0 Å². The predicted molar refractivity (Wildman–Crippen MR) is 105 cm³/mol. The van der Waals surface area contributed by atoms with Crippen molar-refractivity contribution < 1.29 is 19.2 Å². The molecule has 1 unspecified atom stereocenters. The fourth-order valence-corrected chi connectivity index (χ4v) is 3.86. The number of nitrogens with zero attached hydrogens (tertiary/aromatic N) is 3. The number of allylic oxidation sites excluding steroid dienone is 1. The Morgan fingerprint density at radius 1 is 1.21 bits per heavy atom. The molecule has 1 atom stereocenters. The van der Waals surface area contributed by atoms with Gasteiger partial charge in [0.15, 0.2) is 0 Å². The maximum absolute atomic E-state index is 12.1. The second-order valence-corrected chi connectivity index (χ2v) is 7.20. The molecule has 2 amide bonds.